The Morgan fingerprint density at radius 3 is 2.20 bits per heavy atom. The van der Waals surface area contributed by atoms with Gasteiger partial charge in [-0.2, -0.15) is 0 Å². The molecule has 1 atom stereocenters. The summed E-state index contributed by atoms with van der Waals surface area (Å²) in [5.41, 5.74) is 7.32. The molecule has 84 valence electrons. The molecule has 0 fully saturated rings. The fourth-order valence-electron chi connectivity index (χ4n) is 1.63. The molecular weight excluding hydrogens is 200 g/mol. The molecule has 0 aliphatic carbocycles. The molecule has 1 aromatic rings. The molecule has 1 rings (SSSR count). The van der Waals surface area contributed by atoms with Crippen molar-refractivity contribution in [1.82, 2.24) is 0 Å². The highest BCUT2D eigenvalue weighted by atomic mass is 19.3. The van der Waals surface area contributed by atoms with Crippen LogP contribution in [0.1, 0.15) is 22.7 Å². The lowest BCUT2D eigenvalue weighted by Gasteiger charge is -2.24. The van der Waals surface area contributed by atoms with E-state index in [2.05, 4.69) is 0 Å². The van der Waals surface area contributed by atoms with Gasteiger partial charge >= 0.3 is 0 Å². The van der Waals surface area contributed by atoms with Crippen molar-refractivity contribution < 1.29 is 13.9 Å². The maximum absolute atomic E-state index is 13.2. The summed E-state index contributed by atoms with van der Waals surface area (Å²) in [4.78, 5) is 0. The standard InChI is InChI=1S/C11H15F2NO/c1-7-4-3-5-8(2)9(7)10(14)11(12,13)6-15/h3-5,10,15H,6,14H2,1-2H3/t10-/m0/s1. The first-order valence-electron chi connectivity index (χ1n) is 4.70. The van der Waals surface area contributed by atoms with E-state index in [1.54, 1.807) is 32.0 Å². The van der Waals surface area contributed by atoms with Crippen LogP contribution < -0.4 is 5.73 Å². The molecule has 0 saturated heterocycles. The smallest absolute Gasteiger partial charge is 0.289 e. The minimum Gasteiger partial charge on any atom is -0.390 e. The third kappa shape index (κ3) is 2.33. The second-order valence-electron chi connectivity index (χ2n) is 3.70. The van der Waals surface area contributed by atoms with Crippen molar-refractivity contribution in [1.29, 1.82) is 0 Å². The van der Waals surface area contributed by atoms with Crippen molar-refractivity contribution in [3.63, 3.8) is 0 Å². The van der Waals surface area contributed by atoms with Crippen molar-refractivity contribution in [3.05, 3.63) is 34.9 Å². The molecule has 0 radical (unpaired) electrons. The third-order valence-electron chi connectivity index (χ3n) is 2.52. The number of alkyl halides is 2. The fourth-order valence-corrected chi connectivity index (χ4v) is 1.63. The largest absolute Gasteiger partial charge is 0.390 e. The summed E-state index contributed by atoms with van der Waals surface area (Å²) in [7, 11) is 0. The lowest BCUT2D eigenvalue weighted by Crippen LogP contribution is -2.37. The van der Waals surface area contributed by atoms with Crippen molar-refractivity contribution in [2.24, 2.45) is 5.73 Å². The van der Waals surface area contributed by atoms with Gasteiger partial charge in [0.1, 0.15) is 6.61 Å². The Bertz CT molecular complexity index is 332. The monoisotopic (exact) mass is 215 g/mol. The van der Waals surface area contributed by atoms with Gasteiger partial charge < -0.3 is 10.8 Å². The van der Waals surface area contributed by atoms with Gasteiger partial charge in [-0.15, -0.1) is 0 Å². The van der Waals surface area contributed by atoms with Crippen LogP contribution in [0, 0.1) is 13.8 Å². The van der Waals surface area contributed by atoms with Gasteiger partial charge in [0, 0.05) is 0 Å². The van der Waals surface area contributed by atoms with E-state index in [0.29, 0.717) is 5.56 Å². The van der Waals surface area contributed by atoms with E-state index in [4.69, 9.17) is 10.8 Å². The summed E-state index contributed by atoms with van der Waals surface area (Å²) >= 11 is 0. The summed E-state index contributed by atoms with van der Waals surface area (Å²) in [6, 6.07) is 3.80. The molecule has 0 bridgehead atoms. The van der Waals surface area contributed by atoms with Crippen molar-refractivity contribution in [3.8, 4) is 0 Å². The molecule has 0 aliphatic heterocycles. The molecule has 0 spiro atoms. The lowest BCUT2D eigenvalue weighted by atomic mass is 9.93. The molecule has 0 aromatic heterocycles. The van der Waals surface area contributed by atoms with Crippen LogP contribution in [0.4, 0.5) is 8.78 Å². The van der Waals surface area contributed by atoms with Crippen LogP contribution in [-0.4, -0.2) is 17.6 Å². The van der Waals surface area contributed by atoms with Crippen LogP contribution in [0.25, 0.3) is 0 Å². The van der Waals surface area contributed by atoms with Crippen molar-refractivity contribution in [2.75, 3.05) is 6.61 Å². The number of halogens is 2. The zero-order valence-electron chi connectivity index (χ0n) is 8.80. The Balaban J connectivity index is 3.16. The normalized spacial score (nSPS) is 14.0. The summed E-state index contributed by atoms with van der Waals surface area (Å²) < 4.78 is 26.4. The number of benzene rings is 1. The molecule has 0 heterocycles. The van der Waals surface area contributed by atoms with Crippen molar-refractivity contribution >= 4 is 0 Å². The van der Waals surface area contributed by atoms with Crippen LogP contribution in [0.3, 0.4) is 0 Å². The number of aliphatic hydroxyl groups is 1. The lowest BCUT2D eigenvalue weighted by molar-refractivity contribution is -0.0714. The Morgan fingerprint density at radius 2 is 1.80 bits per heavy atom. The van der Waals surface area contributed by atoms with Crippen LogP contribution in [0.5, 0.6) is 0 Å². The zero-order chi connectivity index (χ0) is 11.6. The minimum absolute atomic E-state index is 0.413. The van der Waals surface area contributed by atoms with Gasteiger partial charge in [0.2, 0.25) is 0 Å². The molecule has 1 aromatic carbocycles. The van der Waals surface area contributed by atoms with Gasteiger partial charge in [0.15, 0.2) is 0 Å². The summed E-state index contributed by atoms with van der Waals surface area (Å²) in [5, 5.41) is 8.58. The number of aryl methyl sites for hydroxylation is 2. The van der Waals surface area contributed by atoms with E-state index < -0.39 is 18.6 Å². The molecule has 0 unspecified atom stereocenters. The van der Waals surface area contributed by atoms with E-state index in [0.717, 1.165) is 11.1 Å². The average Bonchev–Trinajstić information content (AvgIpc) is 2.17. The number of hydrogen-bond acceptors (Lipinski definition) is 2. The van der Waals surface area contributed by atoms with E-state index in [-0.39, 0.29) is 0 Å². The van der Waals surface area contributed by atoms with E-state index >= 15 is 0 Å². The van der Waals surface area contributed by atoms with E-state index in [1.165, 1.54) is 0 Å². The van der Waals surface area contributed by atoms with Gasteiger partial charge in [-0.1, -0.05) is 18.2 Å². The first-order chi connectivity index (χ1) is 6.90. The molecule has 15 heavy (non-hydrogen) atoms. The Labute approximate surface area is 87.7 Å². The highest BCUT2D eigenvalue weighted by molar-refractivity contribution is 5.37. The van der Waals surface area contributed by atoms with Crippen LogP contribution >= 0.6 is 0 Å². The summed E-state index contributed by atoms with van der Waals surface area (Å²) in [6.45, 7) is 2.23. The maximum atomic E-state index is 13.2. The predicted molar refractivity (Wildman–Crippen MR) is 54.9 cm³/mol. The van der Waals surface area contributed by atoms with Crippen molar-refractivity contribution in [2.45, 2.75) is 25.8 Å². The first-order valence-corrected chi connectivity index (χ1v) is 4.70. The summed E-state index contributed by atoms with van der Waals surface area (Å²) in [6.07, 6.45) is 0. The SMILES string of the molecule is Cc1cccc(C)c1[C@H](N)C(F)(F)CO. The van der Waals surface area contributed by atoms with Gasteiger partial charge in [-0.3, -0.25) is 0 Å². The van der Waals surface area contributed by atoms with E-state index in [9.17, 15) is 8.78 Å². The van der Waals surface area contributed by atoms with Crippen LogP contribution in [0.15, 0.2) is 18.2 Å². The van der Waals surface area contributed by atoms with Gasteiger partial charge in [-0.25, -0.2) is 8.78 Å². The second-order valence-corrected chi connectivity index (χ2v) is 3.70. The van der Waals surface area contributed by atoms with Gasteiger partial charge in [0.05, 0.1) is 6.04 Å². The minimum atomic E-state index is -3.28. The third-order valence-corrected chi connectivity index (χ3v) is 2.52. The molecule has 3 N–H and O–H groups in total. The highest BCUT2D eigenvalue weighted by Gasteiger charge is 2.38. The predicted octanol–water partition coefficient (Wildman–Crippen LogP) is 1.93. The molecule has 0 amide bonds. The Hall–Kier alpha value is -1.00. The highest BCUT2D eigenvalue weighted by Crippen LogP contribution is 2.32. The quantitative estimate of drug-likeness (QED) is 0.809. The maximum Gasteiger partial charge on any atom is 0.289 e. The van der Waals surface area contributed by atoms with Gasteiger partial charge in [-0.05, 0) is 30.5 Å². The van der Waals surface area contributed by atoms with E-state index in [1.807, 2.05) is 0 Å². The topological polar surface area (TPSA) is 46.2 Å². The summed E-state index contributed by atoms with van der Waals surface area (Å²) in [5.74, 6) is -3.28. The first kappa shape index (κ1) is 12.1. The van der Waals surface area contributed by atoms with Crippen LogP contribution in [-0.2, 0) is 0 Å². The number of hydrogen-bond donors (Lipinski definition) is 2. The number of nitrogens with two attached hydrogens (primary N) is 1. The number of aliphatic hydroxyl groups excluding tert-OH is 1. The molecule has 0 saturated carbocycles. The number of rotatable bonds is 3. The van der Waals surface area contributed by atoms with Crippen LogP contribution in [0.2, 0.25) is 0 Å². The second kappa shape index (κ2) is 4.24. The molecule has 0 aliphatic rings. The zero-order valence-corrected chi connectivity index (χ0v) is 8.80. The molecule has 4 heteroatoms. The Kier molecular flexibility index (Phi) is 3.42. The van der Waals surface area contributed by atoms with Gasteiger partial charge in [0.25, 0.3) is 5.92 Å². The average molecular weight is 215 g/mol. The fraction of sp³-hybridized carbons (Fsp3) is 0.455. The molecule has 2 nitrogen and oxygen atoms in total. The molecular formula is C11H15F2NO. The Morgan fingerprint density at radius 1 is 1.33 bits per heavy atom.